The third kappa shape index (κ3) is 4.08. The van der Waals surface area contributed by atoms with E-state index in [9.17, 15) is 4.79 Å². The third-order valence-electron chi connectivity index (χ3n) is 4.91. The zero-order valence-corrected chi connectivity index (χ0v) is 17.3. The number of anilines is 5. The van der Waals surface area contributed by atoms with Crippen LogP contribution in [0.15, 0.2) is 65.4 Å². The van der Waals surface area contributed by atoms with Crippen LogP contribution in [-0.2, 0) is 4.79 Å². The fourth-order valence-corrected chi connectivity index (χ4v) is 3.37. The Morgan fingerprint density at radius 2 is 1.81 bits per heavy atom. The highest BCUT2D eigenvalue weighted by atomic mass is 16.3. The summed E-state index contributed by atoms with van der Waals surface area (Å²) in [5, 5.41) is 17.4. The van der Waals surface area contributed by atoms with Gasteiger partial charge in [-0.05, 0) is 48.9 Å². The van der Waals surface area contributed by atoms with Crippen LogP contribution in [0.3, 0.4) is 0 Å². The Labute approximate surface area is 183 Å². The minimum atomic E-state index is 0.00554. The van der Waals surface area contributed by atoms with Gasteiger partial charge in [0.1, 0.15) is 5.52 Å². The SMILES string of the molecule is CCCC(=O)Nc1ccc(Nc2nc(Nc3ccc4cn[nH]c4c3)c3occc3n2)cc1. The van der Waals surface area contributed by atoms with E-state index in [0.717, 1.165) is 34.4 Å². The molecule has 0 saturated carbocycles. The van der Waals surface area contributed by atoms with Gasteiger partial charge in [0.2, 0.25) is 11.9 Å². The summed E-state index contributed by atoms with van der Waals surface area (Å²) in [4.78, 5) is 20.9. The van der Waals surface area contributed by atoms with Crippen LogP contribution in [0.5, 0.6) is 0 Å². The molecule has 1 amide bonds. The predicted octanol–water partition coefficient (Wildman–Crippen LogP) is 5.32. The molecule has 32 heavy (non-hydrogen) atoms. The topological polar surface area (TPSA) is 121 Å². The average molecular weight is 427 g/mol. The molecule has 0 bridgehead atoms. The number of nitrogens with one attached hydrogen (secondary N) is 4. The van der Waals surface area contributed by atoms with Crippen molar-refractivity contribution in [1.29, 1.82) is 0 Å². The first-order valence-electron chi connectivity index (χ1n) is 10.3. The van der Waals surface area contributed by atoms with Crippen molar-refractivity contribution in [3.8, 4) is 0 Å². The molecule has 160 valence electrons. The van der Waals surface area contributed by atoms with Crippen molar-refractivity contribution in [1.82, 2.24) is 20.2 Å². The lowest BCUT2D eigenvalue weighted by atomic mass is 10.2. The van der Waals surface area contributed by atoms with Gasteiger partial charge in [-0.25, -0.2) is 4.98 Å². The number of hydrogen-bond donors (Lipinski definition) is 4. The van der Waals surface area contributed by atoms with Crippen LogP contribution < -0.4 is 16.0 Å². The molecule has 3 heterocycles. The second-order valence-corrected chi connectivity index (χ2v) is 7.33. The van der Waals surface area contributed by atoms with Gasteiger partial charge in [-0.15, -0.1) is 0 Å². The molecule has 0 fully saturated rings. The third-order valence-corrected chi connectivity index (χ3v) is 4.91. The summed E-state index contributed by atoms with van der Waals surface area (Å²) in [6.07, 6.45) is 4.67. The number of fused-ring (bicyclic) bond motifs is 2. The minimum Gasteiger partial charge on any atom is -0.459 e. The Balaban J connectivity index is 1.38. The minimum absolute atomic E-state index is 0.00554. The molecule has 0 aliphatic rings. The van der Waals surface area contributed by atoms with Gasteiger partial charge in [0, 0.05) is 34.9 Å². The Morgan fingerprint density at radius 1 is 1.00 bits per heavy atom. The van der Waals surface area contributed by atoms with Crippen molar-refractivity contribution in [2.24, 2.45) is 0 Å². The van der Waals surface area contributed by atoms with Crippen molar-refractivity contribution >= 4 is 56.7 Å². The molecule has 3 aromatic heterocycles. The van der Waals surface area contributed by atoms with E-state index in [4.69, 9.17) is 4.42 Å². The second kappa shape index (κ2) is 8.38. The fraction of sp³-hybridized carbons (Fsp3) is 0.130. The summed E-state index contributed by atoms with van der Waals surface area (Å²) in [6.45, 7) is 1.97. The molecule has 0 atom stereocenters. The molecule has 4 N–H and O–H groups in total. The van der Waals surface area contributed by atoms with Crippen LogP contribution in [0.4, 0.5) is 28.8 Å². The first-order chi connectivity index (χ1) is 15.7. The molecule has 5 aromatic rings. The van der Waals surface area contributed by atoms with Gasteiger partial charge < -0.3 is 20.4 Å². The zero-order chi connectivity index (χ0) is 21.9. The van der Waals surface area contributed by atoms with Crippen molar-refractivity contribution in [2.45, 2.75) is 19.8 Å². The molecular formula is C23H21N7O2. The van der Waals surface area contributed by atoms with E-state index in [1.54, 1.807) is 18.5 Å². The van der Waals surface area contributed by atoms with E-state index in [0.29, 0.717) is 29.3 Å². The summed E-state index contributed by atoms with van der Waals surface area (Å²) in [5.41, 5.74) is 4.55. The van der Waals surface area contributed by atoms with Gasteiger partial charge in [-0.3, -0.25) is 9.89 Å². The number of H-pyrrole nitrogens is 1. The molecule has 9 heteroatoms. The first kappa shape index (κ1) is 19.6. The number of aromatic amines is 1. The molecule has 5 rings (SSSR count). The second-order valence-electron chi connectivity index (χ2n) is 7.33. The predicted molar refractivity (Wildman–Crippen MR) is 124 cm³/mol. The van der Waals surface area contributed by atoms with E-state index in [1.807, 2.05) is 49.4 Å². The molecule has 9 nitrogen and oxygen atoms in total. The Morgan fingerprint density at radius 3 is 2.66 bits per heavy atom. The standard InChI is InChI=1S/C23H21N7O2/c1-2-3-20(31)25-15-6-8-16(9-7-15)27-23-28-18-10-11-32-21(18)22(29-23)26-17-5-4-14-13-24-30-19(14)12-17/h4-13H,2-3H2,1H3,(H,24,30)(H,25,31)(H2,26,27,28,29). The monoisotopic (exact) mass is 427 g/mol. The van der Waals surface area contributed by atoms with Gasteiger partial charge in [0.25, 0.3) is 0 Å². The lowest BCUT2D eigenvalue weighted by Crippen LogP contribution is -2.10. The van der Waals surface area contributed by atoms with Crippen molar-refractivity contribution < 1.29 is 9.21 Å². The van der Waals surface area contributed by atoms with Gasteiger partial charge in [0.05, 0.1) is 18.0 Å². The summed E-state index contributed by atoms with van der Waals surface area (Å²) < 4.78 is 5.60. The van der Waals surface area contributed by atoms with Crippen molar-refractivity contribution in [2.75, 3.05) is 16.0 Å². The fourth-order valence-electron chi connectivity index (χ4n) is 3.37. The number of benzene rings is 2. The van der Waals surface area contributed by atoms with E-state index < -0.39 is 0 Å². The summed E-state index contributed by atoms with van der Waals surface area (Å²) in [7, 11) is 0. The smallest absolute Gasteiger partial charge is 0.230 e. The normalized spacial score (nSPS) is 11.0. The Kier molecular flexibility index (Phi) is 5.12. The number of amides is 1. The largest absolute Gasteiger partial charge is 0.459 e. The van der Waals surface area contributed by atoms with E-state index in [-0.39, 0.29) is 5.91 Å². The number of carbonyl (C=O) groups excluding carboxylic acids is 1. The van der Waals surface area contributed by atoms with Gasteiger partial charge in [0.15, 0.2) is 11.4 Å². The maximum absolute atomic E-state index is 11.8. The Bertz CT molecular complexity index is 1390. The van der Waals surface area contributed by atoms with E-state index in [1.165, 1.54) is 0 Å². The summed E-state index contributed by atoms with van der Waals surface area (Å²) in [6, 6.07) is 15.1. The van der Waals surface area contributed by atoms with Crippen molar-refractivity contribution in [3.63, 3.8) is 0 Å². The molecule has 0 spiro atoms. The number of aromatic nitrogens is 4. The Hall–Kier alpha value is -4.40. The molecule has 0 saturated heterocycles. The first-order valence-corrected chi connectivity index (χ1v) is 10.3. The molecule has 0 unspecified atom stereocenters. The molecule has 2 aromatic carbocycles. The van der Waals surface area contributed by atoms with Crippen LogP contribution in [0.25, 0.3) is 22.0 Å². The van der Waals surface area contributed by atoms with E-state index >= 15 is 0 Å². The van der Waals surface area contributed by atoms with Gasteiger partial charge in [-0.2, -0.15) is 10.1 Å². The number of rotatable bonds is 7. The lowest BCUT2D eigenvalue weighted by Gasteiger charge is -2.10. The lowest BCUT2D eigenvalue weighted by molar-refractivity contribution is -0.116. The number of carbonyl (C=O) groups is 1. The van der Waals surface area contributed by atoms with Crippen LogP contribution >= 0.6 is 0 Å². The van der Waals surface area contributed by atoms with Crippen LogP contribution in [-0.4, -0.2) is 26.1 Å². The van der Waals surface area contributed by atoms with Crippen molar-refractivity contribution in [3.05, 3.63) is 61.0 Å². The van der Waals surface area contributed by atoms with Gasteiger partial charge >= 0.3 is 0 Å². The molecule has 0 radical (unpaired) electrons. The number of furan rings is 1. The number of nitrogens with zero attached hydrogens (tertiary/aromatic N) is 3. The molecule has 0 aliphatic carbocycles. The zero-order valence-electron chi connectivity index (χ0n) is 17.3. The van der Waals surface area contributed by atoms with Crippen LogP contribution in [0.1, 0.15) is 19.8 Å². The number of hydrogen-bond acceptors (Lipinski definition) is 7. The van der Waals surface area contributed by atoms with Crippen LogP contribution in [0, 0.1) is 0 Å². The summed E-state index contributed by atoms with van der Waals surface area (Å²) >= 11 is 0. The highest BCUT2D eigenvalue weighted by molar-refractivity contribution is 5.91. The quantitative estimate of drug-likeness (QED) is 0.277. The molecular weight excluding hydrogens is 406 g/mol. The maximum atomic E-state index is 11.8. The highest BCUT2D eigenvalue weighted by Gasteiger charge is 2.12. The molecule has 0 aliphatic heterocycles. The average Bonchev–Trinajstić information content (AvgIpc) is 3.44. The van der Waals surface area contributed by atoms with E-state index in [2.05, 4.69) is 36.1 Å². The van der Waals surface area contributed by atoms with Gasteiger partial charge in [-0.1, -0.05) is 6.92 Å². The highest BCUT2D eigenvalue weighted by Crippen LogP contribution is 2.28. The summed E-state index contributed by atoms with van der Waals surface area (Å²) in [5.74, 6) is 0.975. The maximum Gasteiger partial charge on any atom is 0.230 e. The van der Waals surface area contributed by atoms with Crippen LogP contribution in [0.2, 0.25) is 0 Å².